The van der Waals surface area contributed by atoms with Gasteiger partial charge in [0.25, 0.3) is 5.56 Å². The molecule has 0 bridgehead atoms. The summed E-state index contributed by atoms with van der Waals surface area (Å²) in [6, 6.07) is 4.01. The number of carboxylic acid groups (broad SMARTS) is 1. The van der Waals surface area contributed by atoms with Crippen molar-refractivity contribution in [3.8, 4) is 23.0 Å². The van der Waals surface area contributed by atoms with Crippen molar-refractivity contribution < 1.29 is 36.6 Å². The molecule has 0 spiro atoms. The van der Waals surface area contributed by atoms with Gasteiger partial charge in [-0.05, 0) is 107 Å². The third-order valence-electron chi connectivity index (χ3n) is 9.74. The van der Waals surface area contributed by atoms with E-state index in [1.165, 1.54) is 13.0 Å². The van der Waals surface area contributed by atoms with Gasteiger partial charge in [0.15, 0.2) is 0 Å². The van der Waals surface area contributed by atoms with Crippen molar-refractivity contribution in [1.29, 1.82) is 0 Å². The number of halogens is 5. The van der Waals surface area contributed by atoms with Gasteiger partial charge in [0.1, 0.15) is 17.7 Å². The first-order chi connectivity index (χ1) is 24.3. The van der Waals surface area contributed by atoms with Crippen molar-refractivity contribution in [3.05, 3.63) is 91.9 Å². The number of carboxylic acids is 1. The summed E-state index contributed by atoms with van der Waals surface area (Å²) >= 11 is 0. The normalized spacial score (nSPS) is 15.3. The Morgan fingerprint density at radius 3 is 2.15 bits per heavy atom. The third-order valence-corrected chi connectivity index (χ3v) is 9.74. The van der Waals surface area contributed by atoms with Crippen LogP contribution < -0.4 is 10.9 Å². The van der Waals surface area contributed by atoms with Crippen LogP contribution in [0.4, 0.5) is 22.0 Å². The van der Waals surface area contributed by atoms with E-state index in [0.29, 0.717) is 48.7 Å². The van der Waals surface area contributed by atoms with Crippen LogP contribution in [0.25, 0.3) is 11.1 Å². The van der Waals surface area contributed by atoms with Gasteiger partial charge in [0.2, 0.25) is 5.91 Å². The van der Waals surface area contributed by atoms with Crippen LogP contribution in [0.15, 0.2) is 41.3 Å². The number of aromatic nitrogens is 1. The van der Waals surface area contributed by atoms with Gasteiger partial charge >= 0.3 is 12.1 Å². The molecule has 0 radical (unpaired) electrons. The van der Waals surface area contributed by atoms with Crippen LogP contribution in [0.3, 0.4) is 0 Å². The zero-order valence-corrected chi connectivity index (χ0v) is 30.5. The minimum absolute atomic E-state index is 0.0396. The fourth-order valence-electron chi connectivity index (χ4n) is 7.18. The Hall–Kier alpha value is -4.50. The number of pyridine rings is 1. The van der Waals surface area contributed by atoms with E-state index < -0.39 is 70.8 Å². The second-order valence-electron chi connectivity index (χ2n) is 14.2. The Labute approximate surface area is 301 Å². The fourth-order valence-corrected chi connectivity index (χ4v) is 7.18. The Bertz CT molecular complexity index is 1910. The molecule has 0 unspecified atom stereocenters. The van der Waals surface area contributed by atoms with E-state index in [4.69, 9.17) is 0 Å². The van der Waals surface area contributed by atoms with Crippen LogP contribution in [0, 0.1) is 43.2 Å². The number of likely N-dealkylation sites (tertiary alicyclic amines) is 1. The summed E-state index contributed by atoms with van der Waals surface area (Å²) in [5, 5.41) is 12.4. The number of rotatable bonds is 11. The average molecular weight is 728 g/mol. The number of benzene rings is 2. The van der Waals surface area contributed by atoms with E-state index in [-0.39, 0.29) is 35.1 Å². The second kappa shape index (κ2) is 16.4. The summed E-state index contributed by atoms with van der Waals surface area (Å²) in [6.07, 6.45) is -3.91. The third kappa shape index (κ3) is 8.92. The van der Waals surface area contributed by atoms with Gasteiger partial charge in [-0.15, -0.1) is 5.92 Å². The molecule has 4 rings (SSSR count). The molecule has 0 saturated carbocycles. The zero-order valence-electron chi connectivity index (χ0n) is 30.5. The SMILES string of the molecule is CC#Cc1cc(-c2c(C)cccc2C)c(F)c([C@H](CC(=O)O)NC(=O)[C@@H](CC(C)C)n2cc(C3CCN(C(C)C)CC3)c(C(F)(F)F)cc2=O)c1F. The topological polar surface area (TPSA) is 91.6 Å². The summed E-state index contributed by atoms with van der Waals surface area (Å²) in [4.78, 5) is 42.0. The molecule has 1 aliphatic heterocycles. The van der Waals surface area contributed by atoms with Crippen LogP contribution in [-0.2, 0) is 15.8 Å². The largest absolute Gasteiger partial charge is 0.481 e. The van der Waals surface area contributed by atoms with E-state index in [1.807, 2.05) is 13.8 Å². The van der Waals surface area contributed by atoms with Gasteiger partial charge in [-0.1, -0.05) is 38.0 Å². The molecule has 2 N–H and O–H groups in total. The Kier molecular flexibility index (Phi) is 12.7. The number of hydrogen-bond acceptors (Lipinski definition) is 4. The zero-order chi connectivity index (χ0) is 38.7. The van der Waals surface area contributed by atoms with Crippen LogP contribution in [0.5, 0.6) is 0 Å². The van der Waals surface area contributed by atoms with Crippen LogP contribution in [0.1, 0.15) is 112 Å². The lowest BCUT2D eigenvalue weighted by Crippen LogP contribution is -2.41. The first-order valence-corrected chi connectivity index (χ1v) is 17.5. The van der Waals surface area contributed by atoms with Crippen molar-refractivity contribution in [2.75, 3.05) is 13.1 Å². The van der Waals surface area contributed by atoms with Crippen molar-refractivity contribution in [1.82, 2.24) is 14.8 Å². The van der Waals surface area contributed by atoms with E-state index >= 15 is 8.78 Å². The molecule has 1 aliphatic rings. The van der Waals surface area contributed by atoms with E-state index in [9.17, 15) is 32.7 Å². The second-order valence-corrected chi connectivity index (χ2v) is 14.2. The van der Waals surface area contributed by atoms with Gasteiger partial charge in [0, 0.05) is 29.4 Å². The highest BCUT2D eigenvalue weighted by Crippen LogP contribution is 2.40. The maximum absolute atomic E-state index is 16.6. The van der Waals surface area contributed by atoms with E-state index in [2.05, 4.69) is 22.1 Å². The van der Waals surface area contributed by atoms with Crippen molar-refractivity contribution in [3.63, 3.8) is 0 Å². The molecular weight excluding hydrogens is 681 g/mol. The lowest BCUT2D eigenvalue weighted by Gasteiger charge is -2.36. The molecule has 280 valence electrons. The number of carbonyl (C=O) groups is 2. The molecule has 1 amide bonds. The van der Waals surface area contributed by atoms with Gasteiger partial charge < -0.3 is 19.9 Å². The summed E-state index contributed by atoms with van der Waals surface area (Å²) in [5.41, 5.74) is -1.48. The molecule has 1 aromatic heterocycles. The Morgan fingerprint density at radius 1 is 1.02 bits per heavy atom. The summed E-state index contributed by atoms with van der Waals surface area (Å²) in [6.45, 7) is 13.5. The van der Waals surface area contributed by atoms with Crippen LogP contribution in [-0.4, -0.2) is 45.6 Å². The smallest absolute Gasteiger partial charge is 0.416 e. The molecule has 12 heteroatoms. The number of aryl methyl sites for hydroxylation is 2. The highest BCUT2D eigenvalue weighted by atomic mass is 19.4. The molecule has 0 aliphatic carbocycles. The quantitative estimate of drug-likeness (QED) is 0.153. The minimum atomic E-state index is -4.83. The lowest BCUT2D eigenvalue weighted by atomic mass is 9.86. The molecule has 3 aromatic rings. The maximum atomic E-state index is 16.6. The molecule has 2 heterocycles. The van der Waals surface area contributed by atoms with Gasteiger partial charge in [-0.25, -0.2) is 8.78 Å². The van der Waals surface area contributed by atoms with Gasteiger partial charge in [0.05, 0.1) is 23.6 Å². The number of hydrogen-bond donors (Lipinski definition) is 2. The number of piperidine rings is 1. The van der Waals surface area contributed by atoms with Crippen LogP contribution >= 0.6 is 0 Å². The number of amides is 1. The van der Waals surface area contributed by atoms with Gasteiger partial charge in [-0.3, -0.25) is 14.4 Å². The van der Waals surface area contributed by atoms with E-state index in [1.54, 1.807) is 45.9 Å². The van der Waals surface area contributed by atoms with Crippen molar-refractivity contribution >= 4 is 11.9 Å². The standard InChI is InChI=1S/C40H46F5N3O4/c1-8-10-27-18-28(35-24(6)11-9-12-25(35)7)38(42)36(37(27)41)31(20-34(50)51)46-39(52)32(17-22(2)3)48-21-29(30(19-33(48)49)40(43,44)45)26-13-15-47(16-14-26)23(4)5/h9,11-12,18-19,21-23,26,31-32H,13-17,20H2,1-7H3,(H,46,52)(H,50,51)/t31-,32+/m0/s1. The summed E-state index contributed by atoms with van der Waals surface area (Å²) < 4.78 is 76.9. The average Bonchev–Trinajstić information content (AvgIpc) is 3.05. The fraction of sp³-hybridized carbons (Fsp3) is 0.475. The molecule has 2 aromatic carbocycles. The molecular formula is C40H46F5N3O4. The maximum Gasteiger partial charge on any atom is 0.416 e. The molecule has 52 heavy (non-hydrogen) atoms. The first-order valence-electron chi connectivity index (χ1n) is 17.5. The number of nitrogens with one attached hydrogen (secondary N) is 1. The Balaban J connectivity index is 1.87. The molecule has 7 nitrogen and oxygen atoms in total. The summed E-state index contributed by atoms with van der Waals surface area (Å²) in [5.74, 6) is -0.323. The van der Waals surface area contributed by atoms with Crippen molar-refractivity contribution in [2.24, 2.45) is 5.92 Å². The van der Waals surface area contributed by atoms with Gasteiger partial charge in [-0.2, -0.15) is 13.2 Å². The monoisotopic (exact) mass is 727 g/mol. The Morgan fingerprint density at radius 2 is 1.63 bits per heavy atom. The number of nitrogens with zero attached hydrogens (tertiary/aromatic N) is 2. The highest BCUT2D eigenvalue weighted by Gasteiger charge is 2.39. The molecule has 1 fully saturated rings. The number of aliphatic carboxylic acids is 1. The number of carbonyl (C=O) groups excluding carboxylic acids is 1. The first kappa shape index (κ1) is 40.3. The summed E-state index contributed by atoms with van der Waals surface area (Å²) in [7, 11) is 0. The number of alkyl halides is 3. The molecule has 2 atom stereocenters. The molecule has 1 saturated heterocycles. The van der Waals surface area contributed by atoms with Crippen molar-refractivity contribution in [2.45, 2.75) is 104 Å². The predicted octanol–water partition coefficient (Wildman–Crippen LogP) is 8.31. The minimum Gasteiger partial charge on any atom is -0.481 e. The lowest BCUT2D eigenvalue weighted by molar-refractivity contribution is -0.139. The van der Waals surface area contributed by atoms with Crippen LogP contribution in [0.2, 0.25) is 0 Å². The van der Waals surface area contributed by atoms with E-state index in [0.717, 1.165) is 10.8 Å². The highest BCUT2D eigenvalue weighted by molar-refractivity contribution is 5.82. The predicted molar refractivity (Wildman–Crippen MR) is 190 cm³/mol.